The highest BCUT2D eigenvalue weighted by Gasteiger charge is 2.29. The normalized spacial score (nSPS) is 16.3. The minimum absolute atomic E-state index is 0.0702. The maximum Gasteiger partial charge on any atom is 0.354 e. The van der Waals surface area contributed by atoms with Crippen LogP contribution in [-0.4, -0.2) is 70.4 Å². The first-order valence-electron chi connectivity index (χ1n) is 21.1. The van der Waals surface area contributed by atoms with Crippen LogP contribution in [0, 0.1) is 11.8 Å². The summed E-state index contributed by atoms with van der Waals surface area (Å²) in [7, 11) is -9.86. The van der Waals surface area contributed by atoms with Gasteiger partial charge in [-0.2, -0.15) is 0 Å². The molecule has 0 unspecified atom stereocenters. The quantitative estimate of drug-likeness (QED) is 0.0571. The lowest BCUT2D eigenvalue weighted by Crippen LogP contribution is -2.18. The number of sulfone groups is 2. The number of thiazole rings is 2. The Morgan fingerprint density at radius 2 is 1.08 bits per heavy atom. The molecule has 0 N–H and O–H groups in total. The van der Waals surface area contributed by atoms with Crippen molar-refractivity contribution < 1.29 is 44.8 Å². The van der Waals surface area contributed by atoms with E-state index in [1.54, 1.807) is 74.7 Å². The molecule has 0 saturated heterocycles. The van der Waals surface area contributed by atoms with Crippen molar-refractivity contribution in [3.8, 4) is 0 Å². The summed E-state index contributed by atoms with van der Waals surface area (Å²) in [6.45, 7) is 4.06. The number of hydrogen-bond acceptors (Lipinski definition) is 14. The van der Waals surface area contributed by atoms with Crippen molar-refractivity contribution in [2.75, 3.05) is 25.7 Å². The van der Waals surface area contributed by atoms with Crippen LogP contribution in [0.25, 0.3) is 6.08 Å². The Balaban J connectivity index is 0.000000242. The zero-order valence-electron chi connectivity index (χ0n) is 35.8. The Morgan fingerprint density at radius 1 is 0.694 bits per heavy atom. The monoisotopic (exact) mass is 944 g/mol. The fourth-order valence-electron chi connectivity index (χ4n) is 8.10. The van der Waals surface area contributed by atoms with E-state index in [2.05, 4.69) is 9.97 Å². The van der Waals surface area contributed by atoms with Crippen LogP contribution < -0.4 is 0 Å². The van der Waals surface area contributed by atoms with Gasteiger partial charge in [0.05, 0.1) is 40.7 Å². The number of aromatic nitrogens is 2. The molecular formula is C45H57N2O10PS4. The fraction of sp³-hybridized carbons (Fsp3) is 0.489. The molecule has 17 heteroatoms. The van der Waals surface area contributed by atoms with E-state index in [9.17, 15) is 35.8 Å². The largest absolute Gasteiger partial charge is 0.354 e. The standard InChI is InChI=1S/C25H34NO6PS2.C20H23NO4S2/c1-4-31-33(28,32-5-2)15-14-21-18-26-25(34-21)17-24(27)23(16-19-8-6-7-9-19)20-10-12-22(13-11-20)35(3,29)30;1-27(24,25)17-8-6-15(7-9-17)18(10-14-4-2-3-5-14)19(23)11-20-21-12-16(13-22)26-20/h10-15,18-19,23H,4-9,16-17H2,1-3H3;6-9,12-14,18H,2-5,10-11H2,1H3/b15-14+;/t23-;18-/m11/s1. The predicted octanol–water partition coefficient (Wildman–Crippen LogP) is 10.1. The predicted molar refractivity (Wildman–Crippen MR) is 245 cm³/mol. The summed E-state index contributed by atoms with van der Waals surface area (Å²) in [5.41, 5.74) is 1.70. The SMILES string of the molecule is CCOP(=O)(/C=C/c1cnc(CC(=O)[C@H](CC2CCCC2)c2ccc(S(C)(=O)=O)cc2)s1)OCC.CS(=O)(=O)c1ccc([C@@H](CC2CCCC2)C(=O)Cc2ncc(C=O)s2)cc1. The number of hydrogen-bond donors (Lipinski definition) is 0. The van der Waals surface area contributed by atoms with Gasteiger partial charge in [0.1, 0.15) is 21.6 Å². The van der Waals surface area contributed by atoms with Crippen molar-refractivity contribution in [2.24, 2.45) is 11.8 Å². The summed E-state index contributed by atoms with van der Waals surface area (Å²) >= 11 is 2.61. The maximum absolute atomic E-state index is 13.4. The first-order valence-corrected chi connectivity index (χ1v) is 28.1. The number of rotatable bonds is 21. The number of benzene rings is 2. The third-order valence-electron chi connectivity index (χ3n) is 11.2. The fourth-order valence-corrected chi connectivity index (χ4v) is 12.3. The molecule has 336 valence electrons. The molecule has 0 spiro atoms. The molecule has 2 saturated carbocycles. The molecule has 6 rings (SSSR count). The van der Waals surface area contributed by atoms with E-state index in [1.165, 1.54) is 72.9 Å². The van der Waals surface area contributed by atoms with Crippen LogP contribution in [0.2, 0.25) is 0 Å². The molecule has 2 aromatic carbocycles. The van der Waals surface area contributed by atoms with Gasteiger partial charge in [0.15, 0.2) is 26.0 Å². The van der Waals surface area contributed by atoms with Gasteiger partial charge in [-0.25, -0.2) is 26.8 Å². The summed E-state index contributed by atoms with van der Waals surface area (Å²) < 4.78 is 70.3. The Labute approximate surface area is 374 Å². The van der Waals surface area contributed by atoms with Crippen LogP contribution in [0.15, 0.2) is 76.5 Å². The molecule has 0 bridgehead atoms. The molecule has 2 fully saturated rings. The molecule has 2 aromatic heterocycles. The van der Waals surface area contributed by atoms with Crippen molar-refractivity contribution in [1.82, 2.24) is 9.97 Å². The third-order valence-corrected chi connectivity index (χ3v) is 17.1. The van der Waals surface area contributed by atoms with Crippen LogP contribution in [-0.2, 0) is 55.7 Å². The first-order chi connectivity index (χ1) is 29.5. The third kappa shape index (κ3) is 14.8. The molecule has 0 radical (unpaired) electrons. The second-order valence-electron chi connectivity index (χ2n) is 16.0. The zero-order valence-corrected chi connectivity index (χ0v) is 39.9. The number of carbonyl (C=O) groups is 3. The van der Waals surface area contributed by atoms with E-state index in [-0.39, 0.29) is 59.2 Å². The summed E-state index contributed by atoms with van der Waals surface area (Å²) in [4.78, 5) is 47.7. The number of carbonyl (C=O) groups excluding carboxylic acids is 3. The van der Waals surface area contributed by atoms with Crippen molar-refractivity contribution in [1.29, 1.82) is 0 Å². The van der Waals surface area contributed by atoms with E-state index in [1.807, 2.05) is 0 Å². The van der Waals surface area contributed by atoms with Crippen molar-refractivity contribution >= 4 is 73.9 Å². The van der Waals surface area contributed by atoms with Crippen LogP contribution in [0.3, 0.4) is 0 Å². The second-order valence-corrected chi connectivity index (χ2v) is 24.2. The number of ketones is 2. The summed E-state index contributed by atoms with van der Waals surface area (Å²) in [6.07, 6.45) is 19.1. The lowest BCUT2D eigenvalue weighted by atomic mass is 9.84. The van der Waals surface area contributed by atoms with Gasteiger partial charge in [0.25, 0.3) is 0 Å². The maximum atomic E-state index is 13.4. The van der Waals surface area contributed by atoms with E-state index < -0.39 is 27.3 Å². The minimum atomic E-state index is -3.30. The Morgan fingerprint density at radius 3 is 1.44 bits per heavy atom. The molecule has 2 atom stereocenters. The molecule has 2 aliphatic carbocycles. The average Bonchev–Trinajstić information content (AvgIpc) is 4.08. The van der Waals surface area contributed by atoms with Crippen LogP contribution in [0.1, 0.15) is 126 Å². The smallest absolute Gasteiger partial charge is 0.306 e. The Hall–Kier alpha value is -3.50. The van der Waals surface area contributed by atoms with Gasteiger partial charge in [0, 0.05) is 47.4 Å². The van der Waals surface area contributed by atoms with Gasteiger partial charge < -0.3 is 9.05 Å². The van der Waals surface area contributed by atoms with Crippen molar-refractivity contribution in [3.05, 3.63) is 97.6 Å². The Bertz CT molecular complexity index is 2400. The van der Waals surface area contributed by atoms with Gasteiger partial charge in [0.2, 0.25) is 0 Å². The molecule has 62 heavy (non-hydrogen) atoms. The lowest BCUT2D eigenvalue weighted by Gasteiger charge is -2.20. The first kappa shape index (κ1) is 49.5. The molecule has 12 nitrogen and oxygen atoms in total. The zero-order chi connectivity index (χ0) is 44.9. The van der Waals surface area contributed by atoms with E-state index in [0.717, 1.165) is 60.8 Å². The van der Waals surface area contributed by atoms with Crippen LogP contribution in [0.5, 0.6) is 0 Å². The molecule has 4 aromatic rings. The van der Waals surface area contributed by atoms with Crippen molar-refractivity contribution in [2.45, 2.75) is 113 Å². The highest BCUT2D eigenvalue weighted by molar-refractivity contribution is 7.91. The summed E-state index contributed by atoms with van der Waals surface area (Å²) in [5.74, 6) is 2.03. The highest BCUT2D eigenvalue weighted by Crippen LogP contribution is 2.50. The molecule has 2 aliphatic rings. The topological polar surface area (TPSA) is 181 Å². The highest BCUT2D eigenvalue weighted by atomic mass is 32.2. The van der Waals surface area contributed by atoms with Gasteiger partial charge in [-0.1, -0.05) is 75.6 Å². The van der Waals surface area contributed by atoms with Crippen LogP contribution in [0.4, 0.5) is 0 Å². The second kappa shape index (κ2) is 22.9. The van der Waals surface area contributed by atoms with Crippen LogP contribution >= 0.6 is 30.3 Å². The summed E-state index contributed by atoms with van der Waals surface area (Å²) in [6, 6.07) is 13.4. The van der Waals surface area contributed by atoms with Gasteiger partial charge in [-0.3, -0.25) is 18.9 Å². The Kier molecular flexibility index (Phi) is 18.3. The molecule has 0 amide bonds. The van der Waals surface area contributed by atoms with Gasteiger partial charge >= 0.3 is 7.60 Å². The molecule has 0 aliphatic heterocycles. The molecule has 2 heterocycles. The lowest BCUT2D eigenvalue weighted by molar-refractivity contribution is -0.121. The van der Waals surface area contributed by atoms with Gasteiger partial charge in [-0.15, -0.1) is 22.7 Å². The number of nitrogens with zero attached hydrogens (tertiary/aromatic N) is 2. The number of Topliss-reactive ketones (excluding diaryl/α,β-unsaturated/α-hetero) is 2. The van der Waals surface area contributed by atoms with E-state index in [4.69, 9.17) is 9.05 Å². The summed E-state index contributed by atoms with van der Waals surface area (Å²) in [5, 5.41) is 1.33. The number of aldehydes is 1. The molecular weight excluding hydrogens is 888 g/mol. The van der Waals surface area contributed by atoms with E-state index in [0.29, 0.717) is 26.7 Å². The minimum Gasteiger partial charge on any atom is -0.306 e. The van der Waals surface area contributed by atoms with E-state index >= 15 is 0 Å². The average molecular weight is 945 g/mol. The van der Waals surface area contributed by atoms with Gasteiger partial charge in [-0.05, 0) is 80.0 Å². The van der Waals surface area contributed by atoms with Crippen molar-refractivity contribution in [3.63, 3.8) is 0 Å².